The third-order valence-electron chi connectivity index (χ3n) is 6.33. The molecule has 0 aliphatic heterocycles. The van der Waals surface area contributed by atoms with E-state index in [1.165, 1.54) is 15.9 Å². The van der Waals surface area contributed by atoms with Crippen LogP contribution < -0.4 is 15.9 Å². The van der Waals surface area contributed by atoms with Gasteiger partial charge >= 0.3 is 257 Å². The Morgan fingerprint density at radius 3 is 1.05 bits per heavy atom. The molecule has 0 spiro atoms. The predicted octanol–water partition coefficient (Wildman–Crippen LogP) is 8.75. The van der Waals surface area contributed by atoms with Crippen LogP contribution >= 0.6 is 26.3 Å². The molecule has 0 atom stereocenters. The van der Waals surface area contributed by atoms with Crippen molar-refractivity contribution in [3.05, 3.63) is 91.0 Å². The van der Waals surface area contributed by atoms with Crippen LogP contribution in [-0.4, -0.2) is 39.9 Å². The van der Waals surface area contributed by atoms with Crippen molar-refractivity contribution < 1.29 is 12.3 Å². The zero-order valence-electron chi connectivity index (χ0n) is 25.3. The Balaban J connectivity index is 2.17. The van der Waals surface area contributed by atoms with Crippen molar-refractivity contribution in [3.8, 4) is 0 Å². The molecule has 0 unspecified atom stereocenters. The minimum absolute atomic E-state index is 0.846. The van der Waals surface area contributed by atoms with Crippen molar-refractivity contribution in [2.24, 2.45) is 0 Å². The van der Waals surface area contributed by atoms with Gasteiger partial charge in [-0.1, -0.05) is 0 Å². The summed E-state index contributed by atoms with van der Waals surface area (Å²) in [5.41, 5.74) is 0. The fourth-order valence-electron chi connectivity index (χ4n) is 5.26. The van der Waals surface area contributed by atoms with Crippen LogP contribution in [0, 0.1) is 0 Å². The average molecular weight is 727 g/mol. The Labute approximate surface area is 255 Å². The second kappa shape index (κ2) is 12.4. The molecule has 0 aromatic heterocycles. The second-order valence-corrected chi connectivity index (χ2v) is 41.1. The SMILES string of the molecule is C[Si](C)(C)O[Si](CCCP(I)(c1ccccc1)(c1ccccc1)c1ccccc1)(O[Si](C)(C)C)O[Si](C)(C)C. The van der Waals surface area contributed by atoms with Gasteiger partial charge in [0.25, 0.3) is 0 Å². The molecule has 9 heteroatoms. The van der Waals surface area contributed by atoms with Gasteiger partial charge in [-0.3, -0.25) is 0 Å². The molecular weight excluding hydrogens is 679 g/mol. The molecule has 0 aliphatic rings. The van der Waals surface area contributed by atoms with E-state index in [4.69, 9.17) is 12.3 Å². The standard InChI is InChI=1S/C30H48IO3PSi4/c1-36(2,3)32-39(33-37(4,5)6,34-38(7,8)9)27-19-26-35(31,28-20-13-10-14-21-28,29-22-15-11-16-23-29)30-24-17-12-18-25-30/h10-18,20-25H,19,26-27H2,1-9H3. The van der Waals surface area contributed by atoms with Crippen molar-refractivity contribution in [2.45, 2.75) is 71.4 Å². The molecule has 3 nitrogen and oxygen atoms in total. The summed E-state index contributed by atoms with van der Waals surface area (Å²) in [5, 5.41) is 4.24. The van der Waals surface area contributed by atoms with Gasteiger partial charge in [0, 0.05) is 0 Å². The maximum atomic E-state index is 7.06. The Morgan fingerprint density at radius 2 is 0.795 bits per heavy atom. The zero-order valence-corrected chi connectivity index (χ0v) is 32.4. The van der Waals surface area contributed by atoms with Crippen molar-refractivity contribution in [2.75, 3.05) is 6.16 Å². The molecule has 0 fully saturated rings. The molecule has 0 N–H and O–H groups in total. The first-order chi connectivity index (χ1) is 18.0. The van der Waals surface area contributed by atoms with Gasteiger partial charge < -0.3 is 0 Å². The summed E-state index contributed by atoms with van der Waals surface area (Å²) in [4.78, 5) is 0. The summed E-state index contributed by atoms with van der Waals surface area (Å²) in [7, 11) is -8.74. The number of rotatable bonds is 13. The van der Waals surface area contributed by atoms with Crippen LogP contribution in [0.3, 0.4) is 0 Å². The molecule has 0 heterocycles. The van der Waals surface area contributed by atoms with Gasteiger partial charge in [-0.2, -0.15) is 0 Å². The van der Waals surface area contributed by atoms with Crippen molar-refractivity contribution in [1.82, 2.24) is 0 Å². The van der Waals surface area contributed by atoms with E-state index in [9.17, 15) is 0 Å². The number of benzene rings is 3. The molecule has 39 heavy (non-hydrogen) atoms. The van der Waals surface area contributed by atoms with E-state index in [0.29, 0.717) is 0 Å². The first-order valence-corrected chi connectivity index (χ1v) is 31.3. The van der Waals surface area contributed by atoms with E-state index in [1.54, 1.807) is 0 Å². The van der Waals surface area contributed by atoms with Crippen LogP contribution in [0.4, 0.5) is 0 Å². The van der Waals surface area contributed by atoms with Gasteiger partial charge in [0.15, 0.2) is 0 Å². The van der Waals surface area contributed by atoms with Gasteiger partial charge in [-0.15, -0.1) is 0 Å². The molecule has 0 radical (unpaired) electrons. The Hall–Kier alpha value is -0.432. The molecular formula is C30H48IO3PSi4. The van der Waals surface area contributed by atoms with Crippen molar-refractivity contribution in [1.29, 1.82) is 0 Å². The quantitative estimate of drug-likeness (QED) is 0.100. The van der Waals surface area contributed by atoms with Gasteiger partial charge in [0.2, 0.25) is 0 Å². The Kier molecular flexibility index (Phi) is 10.5. The summed E-state index contributed by atoms with van der Waals surface area (Å²) in [6, 6.07) is 34.4. The van der Waals surface area contributed by atoms with E-state index in [1.807, 2.05) is 0 Å². The van der Waals surface area contributed by atoms with Crippen molar-refractivity contribution in [3.63, 3.8) is 0 Å². The van der Waals surface area contributed by atoms with Gasteiger partial charge in [0.1, 0.15) is 0 Å². The number of hydrogen-bond donors (Lipinski definition) is 0. The topological polar surface area (TPSA) is 27.7 Å². The summed E-state index contributed by atoms with van der Waals surface area (Å²) in [6.07, 6.45) is 2.00. The first kappa shape index (κ1) is 33.1. The normalized spacial score (nSPS) is 14.6. The molecule has 3 aromatic rings. The van der Waals surface area contributed by atoms with Crippen LogP contribution in [0.1, 0.15) is 6.42 Å². The average Bonchev–Trinajstić information content (AvgIpc) is 2.82. The molecule has 0 aliphatic carbocycles. The van der Waals surface area contributed by atoms with E-state index in [-0.39, 0.29) is 0 Å². The fourth-order valence-corrected chi connectivity index (χ4v) is 28.9. The second-order valence-electron chi connectivity index (χ2n) is 13.3. The third-order valence-corrected chi connectivity index (χ3v) is 30.1. The summed E-state index contributed by atoms with van der Waals surface area (Å²) in [5.74, 6) is 0. The summed E-state index contributed by atoms with van der Waals surface area (Å²) < 4.78 is 18.3. The van der Waals surface area contributed by atoms with Crippen LogP contribution in [0.2, 0.25) is 65.0 Å². The molecule has 0 amide bonds. The minimum atomic E-state index is -2.93. The molecule has 0 saturated heterocycles. The van der Waals surface area contributed by atoms with E-state index in [0.717, 1.165) is 18.6 Å². The van der Waals surface area contributed by atoms with Crippen LogP contribution in [0.15, 0.2) is 91.0 Å². The molecule has 3 rings (SSSR count). The first-order valence-electron chi connectivity index (χ1n) is 14.0. The summed E-state index contributed by atoms with van der Waals surface area (Å²) >= 11 is 2.89. The van der Waals surface area contributed by atoms with E-state index >= 15 is 0 Å². The zero-order chi connectivity index (χ0) is 29.0. The Bertz CT molecular complexity index is 1050. The maximum absolute atomic E-state index is 7.06. The van der Waals surface area contributed by atoms with E-state index in [2.05, 4.69) is 172 Å². The van der Waals surface area contributed by atoms with Crippen LogP contribution in [0.25, 0.3) is 0 Å². The van der Waals surface area contributed by atoms with Crippen LogP contribution in [0.5, 0.6) is 0 Å². The molecule has 0 bridgehead atoms. The van der Waals surface area contributed by atoms with E-state index < -0.39 is 38.0 Å². The molecule has 0 saturated carbocycles. The fraction of sp³-hybridized carbons (Fsp3) is 0.400. The van der Waals surface area contributed by atoms with Crippen LogP contribution in [-0.2, 0) is 12.3 Å². The van der Waals surface area contributed by atoms with Gasteiger partial charge in [-0.05, 0) is 0 Å². The predicted molar refractivity (Wildman–Crippen MR) is 193 cm³/mol. The van der Waals surface area contributed by atoms with Gasteiger partial charge in [0.05, 0.1) is 0 Å². The Morgan fingerprint density at radius 1 is 0.513 bits per heavy atom. The molecule has 214 valence electrons. The third kappa shape index (κ3) is 8.55. The van der Waals surface area contributed by atoms with Crippen molar-refractivity contribution >= 4 is 76.0 Å². The monoisotopic (exact) mass is 726 g/mol. The molecule has 3 aromatic carbocycles. The number of hydrogen-bond acceptors (Lipinski definition) is 3. The summed E-state index contributed by atoms with van der Waals surface area (Å²) in [6.45, 7) is 20.4. The van der Waals surface area contributed by atoms with Gasteiger partial charge in [-0.25, -0.2) is 0 Å². The number of halogens is 1.